The number of aromatic nitrogens is 2. The average Bonchev–Trinajstić information content (AvgIpc) is 3.23. The lowest BCUT2D eigenvalue weighted by molar-refractivity contribution is -0.113. The second kappa shape index (κ2) is 6.07. The van der Waals surface area contributed by atoms with Gasteiger partial charge in [0.2, 0.25) is 5.91 Å². The largest absolute Gasteiger partial charge is 0.492 e. The number of hydrogen-bond acceptors (Lipinski definition) is 2. The lowest BCUT2D eigenvalue weighted by Gasteiger charge is -2.09. The maximum atomic E-state index is 14.0. The highest BCUT2D eigenvalue weighted by Gasteiger charge is 2.21. The third kappa shape index (κ3) is 2.47. The highest BCUT2D eigenvalue weighted by Crippen LogP contribution is 2.44. The predicted octanol–water partition coefficient (Wildman–Crippen LogP) is 4.74. The van der Waals surface area contributed by atoms with E-state index in [-0.39, 0.29) is 0 Å². The highest BCUT2D eigenvalue weighted by molar-refractivity contribution is 6.26. The number of H-pyrrole nitrogens is 2. The molecule has 0 aliphatic rings. The lowest BCUT2D eigenvalue weighted by atomic mass is 9.98. The van der Waals surface area contributed by atoms with E-state index in [1.165, 1.54) is 37.5 Å². The Kier molecular flexibility index (Phi) is 3.61. The van der Waals surface area contributed by atoms with E-state index in [2.05, 4.69) is 9.97 Å². The molecule has 0 saturated carbocycles. The van der Waals surface area contributed by atoms with Crippen molar-refractivity contribution in [2.75, 3.05) is 7.11 Å². The molecule has 5 aromatic rings. The van der Waals surface area contributed by atoms with Gasteiger partial charge >= 0.3 is 0 Å². The molecule has 0 spiro atoms. The summed E-state index contributed by atoms with van der Waals surface area (Å²) in [4.78, 5) is 18.0. The molecule has 0 atom stereocenters. The van der Waals surface area contributed by atoms with Crippen LogP contribution in [-0.2, 0) is 4.79 Å². The maximum absolute atomic E-state index is 14.0. The SMILES string of the molecule is COc1c2[nH]c3ccc(F)cc3c2c(C=CC(N)=O)c2c1[nH]c1ccc(F)cc12. The first-order chi connectivity index (χ1) is 14.0. The zero-order chi connectivity index (χ0) is 20.3. The number of nitrogens with two attached hydrogens (primary N) is 1. The Balaban J connectivity index is 2.11. The van der Waals surface area contributed by atoms with E-state index < -0.39 is 17.5 Å². The van der Waals surface area contributed by atoms with Gasteiger partial charge < -0.3 is 20.4 Å². The van der Waals surface area contributed by atoms with Crippen LogP contribution in [0.2, 0.25) is 0 Å². The molecular formula is C22H15F2N3O2. The molecule has 3 aromatic carbocycles. The first-order valence-electron chi connectivity index (χ1n) is 8.87. The molecule has 0 bridgehead atoms. The molecule has 2 heterocycles. The van der Waals surface area contributed by atoms with Gasteiger partial charge in [-0.25, -0.2) is 8.78 Å². The summed E-state index contributed by atoms with van der Waals surface area (Å²) in [7, 11) is 1.53. The summed E-state index contributed by atoms with van der Waals surface area (Å²) in [5.41, 5.74) is 8.62. The zero-order valence-electron chi connectivity index (χ0n) is 15.3. The quantitative estimate of drug-likeness (QED) is 0.388. The van der Waals surface area contributed by atoms with E-state index in [1.54, 1.807) is 18.2 Å². The molecule has 29 heavy (non-hydrogen) atoms. The van der Waals surface area contributed by atoms with Crippen molar-refractivity contribution in [2.45, 2.75) is 0 Å². The predicted molar refractivity (Wildman–Crippen MR) is 110 cm³/mol. The smallest absolute Gasteiger partial charge is 0.241 e. The van der Waals surface area contributed by atoms with E-state index in [1.807, 2.05) is 0 Å². The molecule has 0 saturated heterocycles. The molecule has 5 nitrogen and oxygen atoms in total. The van der Waals surface area contributed by atoms with Crippen molar-refractivity contribution < 1.29 is 18.3 Å². The Hall–Kier alpha value is -3.87. The number of rotatable bonds is 3. The Morgan fingerprint density at radius 3 is 1.93 bits per heavy atom. The molecule has 5 rings (SSSR count). The molecule has 0 unspecified atom stereocenters. The van der Waals surface area contributed by atoms with Gasteiger partial charge in [0, 0.05) is 38.7 Å². The number of aromatic amines is 2. The molecule has 1 amide bonds. The standard InChI is InChI=1S/C22H15F2N3O2/c1-29-22-20-18(13-8-10(23)2-5-15(13)26-20)12(4-7-17(25)28)19-14-9-11(24)3-6-16(14)27-21(19)22/h2-9,26-27H,1H3,(H2,25,28). The monoisotopic (exact) mass is 391 g/mol. The van der Waals surface area contributed by atoms with Crippen molar-refractivity contribution in [1.29, 1.82) is 0 Å². The summed E-state index contributed by atoms with van der Waals surface area (Å²) < 4.78 is 33.7. The molecule has 7 heteroatoms. The van der Waals surface area contributed by atoms with E-state index >= 15 is 0 Å². The van der Waals surface area contributed by atoms with E-state index in [4.69, 9.17) is 10.5 Å². The summed E-state index contributed by atoms with van der Waals surface area (Å²) >= 11 is 0. The molecule has 0 fully saturated rings. The van der Waals surface area contributed by atoms with Crippen molar-refractivity contribution in [2.24, 2.45) is 5.73 Å². The number of amides is 1. The van der Waals surface area contributed by atoms with Crippen molar-refractivity contribution >= 4 is 55.6 Å². The van der Waals surface area contributed by atoms with Crippen LogP contribution in [0.25, 0.3) is 49.7 Å². The number of carbonyl (C=O) groups excluding carboxylic acids is 1. The number of hydrogen-bond donors (Lipinski definition) is 3. The van der Waals surface area contributed by atoms with Crippen LogP contribution in [-0.4, -0.2) is 23.0 Å². The number of primary amides is 1. The molecule has 0 aliphatic heterocycles. The van der Waals surface area contributed by atoms with Gasteiger partial charge in [0.15, 0.2) is 5.75 Å². The third-order valence-corrected chi connectivity index (χ3v) is 5.13. The lowest BCUT2D eigenvalue weighted by Crippen LogP contribution is -2.05. The maximum Gasteiger partial charge on any atom is 0.241 e. The van der Waals surface area contributed by atoms with Crippen LogP contribution < -0.4 is 10.5 Å². The van der Waals surface area contributed by atoms with Crippen LogP contribution in [0.15, 0.2) is 42.5 Å². The summed E-state index contributed by atoms with van der Waals surface area (Å²) in [6.07, 6.45) is 2.81. The van der Waals surface area contributed by atoms with Gasteiger partial charge in [0.05, 0.1) is 18.1 Å². The Labute approximate surface area is 162 Å². The van der Waals surface area contributed by atoms with Crippen molar-refractivity contribution in [3.05, 3.63) is 59.7 Å². The van der Waals surface area contributed by atoms with Crippen LogP contribution in [0, 0.1) is 11.6 Å². The number of nitrogens with one attached hydrogen (secondary N) is 2. The first kappa shape index (κ1) is 17.2. The molecular weight excluding hydrogens is 376 g/mol. The van der Waals surface area contributed by atoms with Crippen LogP contribution in [0.5, 0.6) is 5.75 Å². The van der Waals surface area contributed by atoms with Gasteiger partial charge in [0.1, 0.15) is 11.6 Å². The summed E-state index contributed by atoms with van der Waals surface area (Å²) in [6.45, 7) is 0. The van der Waals surface area contributed by atoms with Crippen molar-refractivity contribution in [3.8, 4) is 5.75 Å². The van der Waals surface area contributed by atoms with Crippen molar-refractivity contribution in [1.82, 2.24) is 9.97 Å². The van der Waals surface area contributed by atoms with Crippen molar-refractivity contribution in [3.63, 3.8) is 0 Å². The number of carbonyl (C=O) groups is 1. The second-order valence-electron chi connectivity index (χ2n) is 6.81. The average molecular weight is 391 g/mol. The number of benzene rings is 3. The minimum absolute atomic E-state index is 0.396. The van der Waals surface area contributed by atoms with Gasteiger partial charge in [-0.1, -0.05) is 0 Å². The number of methoxy groups -OCH3 is 1. The van der Waals surface area contributed by atoms with Gasteiger partial charge in [0.25, 0.3) is 0 Å². The third-order valence-electron chi connectivity index (χ3n) is 5.13. The fraction of sp³-hybridized carbons (Fsp3) is 0.0455. The molecule has 4 N–H and O–H groups in total. The van der Waals surface area contributed by atoms with Crippen LogP contribution >= 0.6 is 0 Å². The molecule has 0 aliphatic carbocycles. The van der Waals surface area contributed by atoms with Crippen LogP contribution in [0.3, 0.4) is 0 Å². The highest BCUT2D eigenvalue weighted by atomic mass is 19.1. The molecule has 0 radical (unpaired) electrons. The summed E-state index contributed by atoms with van der Waals surface area (Å²) in [5.74, 6) is -0.905. The van der Waals surface area contributed by atoms with Gasteiger partial charge in [-0.15, -0.1) is 0 Å². The fourth-order valence-corrected chi connectivity index (χ4v) is 4.01. The summed E-state index contributed by atoms with van der Waals surface area (Å²) in [6, 6.07) is 8.82. The number of ether oxygens (including phenoxy) is 1. The number of halogens is 2. The Morgan fingerprint density at radius 2 is 1.48 bits per heavy atom. The van der Waals surface area contributed by atoms with Gasteiger partial charge in [-0.05, 0) is 48.0 Å². The topological polar surface area (TPSA) is 83.9 Å². The second-order valence-corrected chi connectivity index (χ2v) is 6.81. The van der Waals surface area contributed by atoms with Crippen LogP contribution in [0.4, 0.5) is 8.78 Å². The first-order valence-corrected chi connectivity index (χ1v) is 8.87. The Bertz CT molecular complexity index is 1400. The Morgan fingerprint density at radius 1 is 0.966 bits per heavy atom. The van der Waals surface area contributed by atoms with Gasteiger partial charge in [-0.3, -0.25) is 4.79 Å². The fourth-order valence-electron chi connectivity index (χ4n) is 4.01. The van der Waals surface area contributed by atoms with E-state index in [0.29, 0.717) is 54.9 Å². The summed E-state index contributed by atoms with van der Waals surface area (Å²) in [5, 5.41) is 2.56. The molecule has 2 aromatic heterocycles. The van der Waals surface area contributed by atoms with Gasteiger partial charge in [-0.2, -0.15) is 0 Å². The van der Waals surface area contributed by atoms with E-state index in [9.17, 15) is 13.6 Å². The zero-order valence-corrected chi connectivity index (χ0v) is 15.3. The molecule has 144 valence electrons. The van der Waals surface area contributed by atoms with E-state index in [0.717, 1.165) is 0 Å². The minimum Gasteiger partial charge on any atom is -0.492 e. The minimum atomic E-state index is -0.626. The normalized spacial score (nSPS) is 12.1. The number of fused-ring (bicyclic) bond motifs is 6. The van der Waals surface area contributed by atoms with Crippen LogP contribution in [0.1, 0.15) is 5.56 Å².